The summed E-state index contributed by atoms with van der Waals surface area (Å²) in [6.07, 6.45) is 19.8. The van der Waals surface area contributed by atoms with Gasteiger partial charge in [0, 0.05) is 114 Å². The molecule has 0 amide bonds. The van der Waals surface area contributed by atoms with E-state index in [1.807, 2.05) is 6.92 Å². The quantitative estimate of drug-likeness (QED) is 0.102. The molecule has 2 aromatic heterocycles. The predicted octanol–water partition coefficient (Wildman–Crippen LogP) is 10.8. The highest BCUT2D eigenvalue weighted by atomic mass is 16.5. The van der Waals surface area contributed by atoms with Crippen LogP contribution < -0.4 is 30.2 Å². The Balaban J connectivity index is 0.000000249. The third-order valence-corrected chi connectivity index (χ3v) is 21.2. The van der Waals surface area contributed by atoms with Crippen molar-refractivity contribution >= 4 is 23.8 Å². The summed E-state index contributed by atoms with van der Waals surface area (Å²) in [5.74, 6) is 5.02. The maximum absolute atomic E-state index is 5.61. The van der Waals surface area contributed by atoms with E-state index in [4.69, 9.17) is 39.4 Å². The van der Waals surface area contributed by atoms with E-state index >= 15 is 0 Å². The van der Waals surface area contributed by atoms with Crippen molar-refractivity contribution in [3.8, 4) is 0 Å². The van der Waals surface area contributed by atoms with Gasteiger partial charge in [-0.25, -0.2) is 0 Å². The molecule has 6 aliphatic heterocycles. The van der Waals surface area contributed by atoms with Gasteiger partial charge in [0.25, 0.3) is 0 Å². The molecule has 18 heteroatoms. The maximum atomic E-state index is 5.61. The largest absolute Gasteiger partial charge is 0.378 e. The van der Waals surface area contributed by atoms with Gasteiger partial charge in [0.2, 0.25) is 23.8 Å². The first-order valence-electron chi connectivity index (χ1n) is 34.6. The van der Waals surface area contributed by atoms with E-state index in [2.05, 4.69) is 196 Å². The molecule has 2 N–H and O–H groups in total. The van der Waals surface area contributed by atoms with Crippen molar-refractivity contribution in [3.05, 3.63) is 11.6 Å². The zero-order valence-corrected chi connectivity index (χ0v) is 59.9. The minimum Gasteiger partial charge on any atom is -0.378 e. The first kappa shape index (κ1) is 71.3. The van der Waals surface area contributed by atoms with Crippen LogP contribution in [-0.2, 0) is 15.9 Å². The molecule has 0 atom stereocenters. The van der Waals surface area contributed by atoms with Crippen LogP contribution in [0.15, 0.2) is 0 Å². The smallest absolute Gasteiger partial charge is 0.230 e. The van der Waals surface area contributed by atoms with E-state index in [1.54, 1.807) is 0 Å². The average molecular weight is 1220 g/mol. The number of piperidine rings is 4. The molecule has 6 aliphatic rings. The molecule has 0 saturated carbocycles. The summed E-state index contributed by atoms with van der Waals surface area (Å²) in [5.41, 5.74) is 1.16. The number of nitrogens with one attached hydrogen (secondary N) is 2. The molecule has 8 heterocycles. The fourth-order valence-corrected chi connectivity index (χ4v) is 16.6. The fourth-order valence-electron chi connectivity index (χ4n) is 16.6. The highest BCUT2D eigenvalue weighted by Crippen LogP contribution is 2.42. The Morgan fingerprint density at radius 1 is 0.414 bits per heavy atom. The van der Waals surface area contributed by atoms with Gasteiger partial charge in [-0.3, -0.25) is 9.80 Å². The maximum Gasteiger partial charge on any atom is 0.230 e. The minimum atomic E-state index is 0.0562. The summed E-state index contributed by atoms with van der Waals surface area (Å²) in [4.78, 5) is 49.9. The van der Waals surface area contributed by atoms with Crippen LogP contribution in [0.25, 0.3) is 0 Å². The number of hydrogen-bond acceptors (Lipinski definition) is 18. The lowest BCUT2D eigenvalue weighted by molar-refractivity contribution is -0.0426. The van der Waals surface area contributed by atoms with Gasteiger partial charge in [0.1, 0.15) is 11.6 Å². The van der Waals surface area contributed by atoms with Gasteiger partial charge in [0.15, 0.2) is 0 Å². The van der Waals surface area contributed by atoms with E-state index < -0.39 is 0 Å². The molecule has 0 aromatic carbocycles. The molecule has 0 bridgehead atoms. The summed E-state index contributed by atoms with van der Waals surface area (Å²) < 4.78 is 11.2. The monoisotopic (exact) mass is 1220 g/mol. The molecule has 8 rings (SSSR count). The van der Waals surface area contributed by atoms with Crippen molar-refractivity contribution < 1.29 is 9.47 Å². The molecule has 0 radical (unpaired) electrons. The van der Waals surface area contributed by atoms with E-state index in [0.29, 0.717) is 24.2 Å². The van der Waals surface area contributed by atoms with Crippen LogP contribution >= 0.6 is 0 Å². The number of anilines is 4. The van der Waals surface area contributed by atoms with Crippen LogP contribution in [0.5, 0.6) is 0 Å². The van der Waals surface area contributed by atoms with Crippen molar-refractivity contribution in [1.82, 2.24) is 60.1 Å². The van der Waals surface area contributed by atoms with E-state index in [9.17, 15) is 0 Å². The van der Waals surface area contributed by atoms with Crippen molar-refractivity contribution in [2.24, 2.45) is 0 Å². The molecule has 498 valence electrons. The van der Waals surface area contributed by atoms with Gasteiger partial charge in [-0.15, -0.1) is 0 Å². The zero-order valence-electron chi connectivity index (χ0n) is 59.9. The Morgan fingerprint density at radius 2 is 0.736 bits per heavy atom. The first-order chi connectivity index (χ1) is 40.5. The van der Waals surface area contributed by atoms with Gasteiger partial charge < -0.3 is 49.5 Å². The second-order valence-electron chi connectivity index (χ2n) is 33.0. The zero-order chi connectivity index (χ0) is 64.0. The summed E-state index contributed by atoms with van der Waals surface area (Å²) in [5, 5.41) is 7.71. The Hall–Kier alpha value is -3.10. The number of aromatic nitrogens is 6. The number of ether oxygens (including phenoxy) is 2. The molecule has 6 saturated heterocycles. The van der Waals surface area contributed by atoms with Gasteiger partial charge in [0.05, 0.1) is 26.4 Å². The third-order valence-electron chi connectivity index (χ3n) is 21.2. The van der Waals surface area contributed by atoms with Crippen molar-refractivity contribution in [2.75, 3.05) is 127 Å². The first-order valence-corrected chi connectivity index (χ1v) is 34.6. The molecule has 2 aromatic rings. The normalized spacial score (nSPS) is 24.3. The Labute approximate surface area is 531 Å². The molecule has 6 fully saturated rings. The van der Waals surface area contributed by atoms with E-state index in [1.165, 1.54) is 77.3 Å². The lowest BCUT2D eigenvalue weighted by Crippen LogP contribution is -2.63. The Morgan fingerprint density at radius 3 is 1.13 bits per heavy atom. The van der Waals surface area contributed by atoms with Crippen LogP contribution in [0.2, 0.25) is 0 Å². The summed E-state index contributed by atoms with van der Waals surface area (Å²) in [6.45, 7) is 52.7. The third kappa shape index (κ3) is 20.0. The molecular weight excluding hydrogens is 1080 g/mol. The number of morpholine rings is 2. The number of rotatable bonds is 23. The predicted molar refractivity (Wildman–Crippen MR) is 363 cm³/mol. The SMILES string of the molecule is CCc1nc(N2CCOCC2)nc(N(CCCCCCN(C)C2CC(C)(C)NC(C)(C)C2)C2CC(C)(C)NC(C)(C)C2)n1.Cc1nc(N2CCOCC2)nc(N(CCCCCCN(C)C2CC(C)(C)N(C)C(C)(C)C2)C2CC(C)(C)N(C)C(C)(C)C2)n1. The highest BCUT2D eigenvalue weighted by Gasteiger charge is 2.47. The molecule has 0 unspecified atom stereocenters. The standard InChI is InChI=1S/C35H66N8O.C34H64N8O/c1-27-36-30(42-19-21-44-22-20-42)38-31(37-27)43(29-25-34(6,7)41(12)35(8,9)26-29)18-16-14-13-15-17-39(10)28-23-32(2,3)40(11)33(4,5)24-28;1-11-28-35-29(41-18-20-43-21-19-41)37-30(36-28)42(27-24-33(6,7)39-34(8,9)25-27)17-15-13-12-14-16-40(10)26-22-31(2,3)38-32(4,5)23-26/h28-29H,13-26H2,1-12H3;26-27,38-39H,11-25H2,1-10H3. The summed E-state index contributed by atoms with van der Waals surface area (Å²) in [6, 6.07) is 2.06. The lowest BCUT2D eigenvalue weighted by Gasteiger charge is -2.55. The lowest BCUT2D eigenvalue weighted by atomic mass is 9.77. The van der Waals surface area contributed by atoms with Crippen molar-refractivity contribution in [3.63, 3.8) is 0 Å². The molecule has 0 aliphatic carbocycles. The van der Waals surface area contributed by atoms with Crippen LogP contribution in [0.3, 0.4) is 0 Å². The van der Waals surface area contributed by atoms with Crippen LogP contribution in [0, 0.1) is 6.92 Å². The van der Waals surface area contributed by atoms with Gasteiger partial charge in [-0.2, -0.15) is 29.9 Å². The molecule has 87 heavy (non-hydrogen) atoms. The second-order valence-corrected chi connectivity index (χ2v) is 33.0. The number of hydrogen-bond donors (Lipinski definition) is 2. The number of nitrogens with zero attached hydrogens (tertiary/aromatic N) is 14. The van der Waals surface area contributed by atoms with Crippen molar-refractivity contribution in [1.29, 1.82) is 0 Å². The summed E-state index contributed by atoms with van der Waals surface area (Å²) in [7, 11) is 9.27. The Bertz CT molecular complexity index is 2380. The number of aryl methyl sites for hydroxylation is 2. The highest BCUT2D eigenvalue weighted by molar-refractivity contribution is 5.42. The molecule has 0 spiro atoms. The Kier molecular flexibility index (Phi) is 24.0. The van der Waals surface area contributed by atoms with E-state index in [-0.39, 0.29) is 44.3 Å². The number of likely N-dealkylation sites (tertiary alicyclic amines) is 2. The van der Waals surface area contributed by atoms with Crippen LogP contribution in [0.4, 0.5) is 23.8 Å². The second kappa shape index (κ2) is 29.2. The van der Waals surface area contributed by atoms with Gasteiger partial charge >= 0.3 is 0 Å². The van der Waals surface area contributed by atoms with Gasteiger partial charge in [-0.1, -0.05) is 32.6 Å². The van der Waals surface area contributed by atoms with Gasteiger partial charge in [-0.05, 0) is 236 Å². The molecular formula is C69H130N16O2. The average Bonchev–Trinajstić information content (AvgIpc) is 1.50. The molecule has 18 nitrogen and oxygen atoms in total. The number of unbranched alkanes of at least 4 members (excludes halogenated alkanes) is 6. The van der Waals surface area contributed by atoms with Crippen LogP contribution in [0.1, 0.15) is 232 Å². The summed E-state index contributed by atoms with van der Waals surface area (Å²) >= 11 is 0. The topological polar surface area (TPSA) is 146 Å². The van der Waals surface area contributed by atoms with E-state index in [0.717, 1.165) is 146 Å². The fraction of sp³-hybridized carbons (Fsp3) is 0.913. The minimum absolute atomic E-state index is 0.0562. The van der Waals surface area contributed by atoms with Crippen molar-refractivity contribution in [2.45, 2.75) is 302 Å². The van der Waals surface area contributed by atoms with Crippen LogP contribution in [-0.4, -0.2) is 225 Å².